The molecule has 7 heteroatoms. The molecule has 0 saturated carbocycles. The summed E-state index contributed by atoms with van der Waals surface area (Å²) in [5.41, 5.74) is 0.714. The van der Waals surface area contributed by atoms with Crippen LogP contribution in [0.2, 0.25) is 5.02 Å². The number of likely N-dealkylation sites (N-methyl/N-ethyl adjacent to an activating group) is 1. The molecule has 0 spiro atoms. The van der Waals surface area contributed by atoms with Crippen LogP contribution in [-0.4, -0.2) is 68.1 Å². The summed E-state index contributed by atoms with van der Waals surface area (Å²) in [6.45, 7) is 3.31. The van der Waals surface area contributed by atoms with Gasteiger partial charge in [-0.1, -0.05) is 11.6 Å². The van der Waals surface area contributed by atoms with E-state index in [1.165, 1.54) is 0 Å². The molecular formula is C16H22ClN3O3. The van der Waals surface area contributed by atoms with Crippen molar-refractivity contribution >= 4 is 29.1 Å². The van der Waals surface area contributed by atoms with E-state index in [0.717, 1.165) is 0 Å². The summed E-state index contributed by atoms with van der Waals surface area (Å²) in [4.78, 5) is 27.7. The van der Waals surface area contributed by atoms with E-state index >= 15 is 0 Å². The molecule has 0 aliphatic carbocycles. The van der Waals surface area contributed by atoms with Crippen LogP contribution in [0.3, 0.4) is 0 Å². The molecule has 1 heterocycles. The van der Waals surface area contributed by atoms with E-state index in [4.69, 9.17) is 16.3 Å². The molecular weight excluding hydrogens is 318 g/mol. The molecule has 1 N–H and O–H groups in total. The molecule has 1 aliphatic heterocycles. The predicted octanol–water partition coefficient (Wildman–Crippen LogP) is 1.46. The molecule has 0 atom stereocenters. The lowest BCUT2D eigenvalue weighted by Crippen LogP contribution is -2.45. The van der Waals surface area contributed by atoms with Gasteiger partial charge in [0.25, 0.3) is 0 Å². The van der Waals surface area contributed by atoms with Gasteiger partial charge in [0.1, 0.15) is 0 Å². The van der Waals surface area contributed by atoms with Gasteiger partial charge in [0, 0.05) is 36.8 Å². The van der Waals surface area contributed by atoms with Crippen molar-refractivity contribution in [2.24, 2.45) is 0 Å². The highest BCUT2D eigenvalue weighted by Crippen LogP contribution is 2.13. The lowest BCUT2D eigenvalue weighted by atomic mass is 10.3. The first-order chi connectivity index (χ1) is 11.0. The molecule has 1 aromatic rings. The summed E-state index contributed by atoms with van der Waals surface area (Å²) in [6.07, 6.45) is 0.329. The lowest BCUT2D eigenvalue weighted by Gasteiger charge is -2.28. The fourth-order valence-corrected chi connectivity index (χ4v) is 2.40. The van der Waals surface area contributed by atoms with Gasteiger partial charge in [0.15, 0.2) is 0 Å². The van der Waals surface area contributed by atoms with Crippen LogP contribution in [0.15, 0.2) is 24.3 Å². The molecule has 1 aromatic carbocycles. The number of carbonyl (C=O) groups excluding carboxylic acids is 2. The van der Waals surface area contributed by atoms with Crippen molar-refractivity contribution in [3.8, 4) is 0 Å². The fraction of sp³-hybridized carbons (Fsp3) is 0.500. The Bertz CT molecular complexity index is 530. The number of amides is 2. The topological polar surface area (TPSA) is 61.9 Å². The molecule has 1 saturated heterocycles. The van der Waals surface area contributed by atoms with Gasteiger partial charge in [-0.3, -0.25) is 14.5 Å². The summed E-state index contributed by atoms with van der Waals surface area (Å²) in [6, 6.07) is 6.96. The Balaban J connectivity index is 1.68. The van der Waals surface area contributed by atoms with Crippen molar-refractivity contribution in [3.63, 3.8) is 0 Å². The van der Waals surface area contributed by atoms with Crippen LogP contribution in [0.4, 0.5) is 5.69 Å². The third kappa shape index (κ3) is 6.17. The number of rotatable bonds is 6. The molecule has 2 rings (SSSR count). The van der Waals surface area contributed by atoms with E-state index in [1.54, 1.807) is 29.2 Å². The molecule has 1 fully saturated rings. The van der Waals surface area contributed by atoms with Crippen molar-refractivity contribution in [1.82, 2.24) is 9.80 Å². The fourth-order valence-electron chi connectivity index (χ4n) is 2.27. The number of hydrogen-bond donors (Lipinski definition) is 1. The highest BCUT2D eigenvalue weighted by atomic mass is 35.5. The maximum Gasteiger partial charge on any atom is 0.236 e. The Labute approximate surface area is 141 Å². The van der Waals surface area contributed by atoms with E-state index in [0.29, 0.717) is 56.5 Å². The average Bonchev–Trinajstić information content (AvgIpc) is 2.56. The minimum atomic E-state index is -0.0852. The van der Waals surface area contributed by atoms with Crippen molar-refractivity contribution in [2.45, 2.75) is 6.42 Å². The molecule has 0 aromatic heterocycles. The molecule has 0 bridgehead atoms. The average molecular weight is 340 g/mol. The molecule has 1 aliphatic rings. The Kier molecular flexibility index (Phi) is 6.83. The van der Waals surface area contributed by atoms with E-state index < -0.39 is 0 Å². The zero-order valence-corrected chi connectivity index (χ0v) is 14.0. The Morgan fingerprint density at radius 1 is 1.26 bits per heavy atom. The van der Waals surface area contributed by atoms with E-state index in [1.807, 2.05) is 11.9 Å². The second-order valence-electron chi connectivity index (χ2n) is 5.54. The minimum absolute atomic E-state index is 0.0777. The number of carbonyl (C=O) groups is 2. The van der Waals surface area contributed by atoms with Crippen molar-refractivity contribution in [1.29, 1.82) is 0 Å². The number of nitrogens with zero attached hydrogens (tertiary/aromatic N) is 2. The SMILES string of the molecule is CN(CCC(=O)Nc1ccc(Cl)cc1)CC(=O)N1CCOCC1. The van der Waals surface area contributed by atoms with Crippen molar-refractivity contribution in [2.75, 3.05) is 51.8 Å². The molecule has 0 radical (unpaired) electrons. The van der Waals surface area contributed by atoms with Crippen LogP contribution < -0.4 is 5.32 Å². The quantitative estimate of drug-likeness (QED) is 0.852. The second-order valence-corrected chi connectivity index (χ2v) is 5.97. The predicted molar refractivity (Wildman–Crippen MR) is 89.6 cm³/mol. The van der Waals surface area contributed by atoms with Gasteiger partial charge >= 0.3 is 0 Å². The first-order valence-corrected chi connectivity index (χ1v) is 8.02. The van der Waals surface area contributed by atoms with Gasteiger partial charge in [-0.25, -0.2) is 0 Å². The third-order valence-corrected chi connectivity index (χ3v) is 3.87. The number of morpholine rings is 1. The van der Waals surface area contributed by atoms with E-state index in [-0.39, 0.29) is 11.8 Å². The molecule has 2 amide bonds. The van der Waals surface area contributed by atoms with Crippen LogP contribution in [0, 0.1) is 0 Å². The second kappa shape index (κ2) is 8.86. The molecule has 6 nitrogen and oxygen atoms in total. The maximum atomic E-state index is 12.1. The standard InChI is InChI=1S/C16H22ClN3O3/c1-19(12-16(22)20-8-10-23-11-9-20)7-6-15(21)18-14-4-2-13(17)3-5-14/h2-5H,6-12H2,1H3,(H,18,21). The highest BCUT2D eigenvalue weighted by Gasteiger charge is 2.18. The summed E-state index contributed by atoms with van der Waals surface area (Å²) >= 11 is 5.80. The van der Waals surface area contributed by atoms with E-state index in [2.05, 4.69) is 5.32 Å². The van der Waals surface area contributed by atoms with Gasteiger partial charge in [-0.05, 0) is 31.3 Å². The zero-order chi connectivity index (χ0) is 16.7. The first-order valence-electron chi connectivity index (χ1n) is 7.64. The number of nitrogens with one attached hydrogen (secondary N) is 1. The number of halogens is 1. The highest BCUT2D eigenvalue weighted by molar-refractivity contribution is 6.30. The van der Waals surface area contributed by atoms with Crippen LogP contribution in [-0.2, 0) is 14.3 Å². The third-order valence-electron chi connectivity index (χ3n) is 3.62. The Morgan fingerprint density at radius 3 is 2.57 bits per heavy atom. The first kappa shape index (κ1) is 17.7. The Hall–Kier alpha value is -1.63. The lowest BCUT2D eigenvalue weighted by molar-refractivity contribution is -0.136. The summed E-state index contributed by atoms with van der Waals surface area (Å²) in [7, 11) is 1.84. The van der Waals surface area contributed by atoms with Gasteiger partial charge in [0.05, 0.1) is 19.8 Å². The zero-order valence-electron chi connectivity index (χ0n) is 13.3. The van der Waals surface area contributed by atoms with Gasteiger partial charge in [-0.2, -0.15) is 0 Å². The van der Waals surface area contributed by atoms with Gasteiger partial charge in [0.2, 0.25) is 11.8 Å². The molecule has 23 heavy (non-hydrogen) atoms. The monoisotopic (exact) mass is 339 g/mol. The largest absolute Gasteiger partial charge is 0.378 e. The van der Waals surface area contributed by atoms with Crippen molar-refractivity contribution in [3.05, 3.63) is 29.3 Å². The maximum absolute atomic E-state index is 12.1. The normalized spacial score (nSPS) is 14.8. The molecule has 126 valence electrons. The number of anilines is 1. The number of hydrogen-bond acceptors (Lipinski definition) is 4. The van der Waals surface area contributed by atoms with E-state index in [9.17, 15) is 9.59 Å². The number of benzene rings is 1. The Morgan fingerprint density at radius 2 is 1.91 bits per heavy atom. The van der Waals surface area contributed by atoms with Gasteiger partial charge in [-0.15, -0.1) is 0 Å². The van der Waals surface area contributed by atoms with Crippen molar-refractivity contribution < 1.29 is 14.3 Å². The minimum Gasteiger partial charge on any atom is -0.378 e. The van der Waals surface area contributed by atoms with Crippen LogP contribution in [0.1, 0.15) is 6.42 Å². The smallest absolute Gasteiger partial charge is 0.236 e. The summed E-state index contributed by atoms with van der Waals surface area (Å²) in [5, 5.41) is 3.43. The van der Waals surface area contributed by atoms with Gasteiger partial charge < -0.3 is 15.0 Å². The summed E-state index contributed by atoms with van der Waals surface area (Å²) in [5.74, 6) is -0.00750. The summed E-state index contributed by atoms with van der Waals surface area (Å²) < 4.78 is 5.23. The van der Waals surface area contributed by atoms with Crippen LogP contribution in [0.5, 0.6) is 0 Å². The molecule has 0 unspecified atom stereocenters. The van der Waals surface area contributed by atoms with Crippen LogP contribution in [0.25, 0.3) is 0 Å². The number of ether oxygens (including phenoxy) is 1. The van der Waals surface area contributed by atoms with Crippen LogP contribution >= 0.6 is 11.6 Å².